The molecule has 0 radical (unpaired) electrons. The van der Waals surface area contributed by atoms with Gasteiger partial charge in [0.2, 0.25) is 5.75 Å². The van der Waals surface area contributed by atoms with Crippen LogP contribution in [0.2, 0.25) is 0 Å². The van der Waals surface area contributed by atoms with Crippen LogP contribution in [0.3, 0.4) is 0 Å². The number of carbonyl (C=O) groups is 1. The molecule has 1 amide bonds. The minimum absolute atomic E-state index is 0.123. The lowest BCUT2D eigenvalue weighted by molar-refractivity contribution is 0.0729. The zero-order valence-electron chi connectivity index (χ0n) is 13.9. The molecule has 3 rings (SSSR count). The van der Waals surface area contributed by atoms with Crippen LogP contribution in [0, 0.1) is 0 Å². The van der Waals surface area contributed by atoms with Crippen molar-refractivity contribution in [3.8, 4) is 17.2 Å². The maximum absolute atomic E-state index is 13.0. The van der Waals surface area contributed by atoms with E-state index in [9.17, 15) is 4.79 Å². The van der Waals surface area contributed by atoms with E-state index in [1.54, 1.807) is 30.3 Å². The highest BCUT2D eigenvalue weighted by molar-refractivity contribution is 5.98. The molecule has 0 saturated heterocycles. The third-order valence-electron chi connectivity index (χ3n) is 4.08. The summed E-state index contributed by atoms with van der Waals surface area (Å²) in [6.07, 6.45) is 4.00. The van der Waals surface area contributed by atoms with Crippen molar-refractivity contribution < 1.29 is 19.0 Å². The highest BCUT2D eigenvalue weighted by Crippen LogP contribution is 2.40. The van der Waals surface area contributed by atoms with E-state index in [-0.39, 0.29) is 5.91 Å². The fraction of sp³-hybridized carbons (Fsp3) is 0.353. The Morgan fingerprint density at radius 3 is 2.62 bits per heavy atom. The number of methoxy groups -OCH3 is 3. The summed E-state index contributed by atoms with van der Waals surface area (Å²) in [6.45, 7) is 1.08. The minimum Gasteiger partial charge on any atom is -0.493 e. The predicted octanol–water partition coefficient (Wildman–Crippen LogP) is 1.70. The van der Waals surface area contributed by atoms with Gasteiger partial charge in [-0.25, -0.2) is 9.97 Å². The van der Waals surface area contributed by atoms with Crippen molar-refractivity contribution in [2.24, 2.45) is 0 Å². The van der Waals surface area contributed by atoms with E-state index in [0.29, 0.717) is 42.3 Å². The van der Waals surface area contributed by atoms with Crippen LogP contribution in [0.4, 0.5) is 0 Å². The lowest BCUT2D eigenvalue weighted by Crippen LogP contribution is -2.36. The number of carbonyl (C=O) groups excluding carboxylic acids is 1. The van der Waals surface area contributed by atoms with E-state index in [1.165, 1.54) is 20.5 Å². The average molecular weight is 329 g/mol. The third kappa shape index (κ3) is 2.73. The van der Waals surface area contributed by atoms with Crippen LogP contribution in [0.15, 0.2) is 24.7 Å². The number of benzene rings is 1. The fourth-order valence-corrected chi connectivity index (χ4v) is 2.88. The Morgan fingerprint density at radius 1 is 1.12 bits per heavy atom. The largest absolute Gasteiger partial charge is 0.493 e. The molecule has 0 atom stereocenters. The summed E-state index contributed by atoms with van der Waals surface area (Å²) < 4.78 is 16.0. The number of ether oxygens (including phenoxy) is 3. The number of rotatable bonds is 4. The molecule has 7 heteroatoms. The number of hydrogen-bond acceptors (Lipinski definition) is 6. The zero-order valence-corrected chi connectivity index (χ0v) is 13.9. The molecule has 2 heterocycles. The van der Waals surface area contributed by atoms with Crippen LogP contribution in [-0.4, -0.2) is 48.6 Å². The monoisotopic (exact) mass is 329 g/mol. The Balaban J connectivity index is 1.93. The first-order valence-corrected chi connectivity index (χ1v) is 7.55. The summed E-state index contributed by atoms with van der Waals surface area (Å²) in [5.41, 5.74) is 2.40. The molecular weight excluding hydrogens is 310 g/mol. The maximum atomic E-state index is 13.0. The first-order chi connectivity index (χ1) is 11.7. The molecule has 1 aromatic heterocycles. The summed E-state index contributed by atoms with van der Waals surface area (Å²) in [7, 11) is 4.57. The first-order valence-electron chi connectivity index (χ1n) is 7.55. The van der Waals surface area contributed by atoms with Crippen molar-refractivity contribution in [2.75, 3.05) is 27.9 Å². The molecule has 0 bridgehead atoms. The van der Waals surface area contributed by atoms with Crippen LogP contribution in [0.5, 0.6) is 17.2 Å². The Morgan fingerprint density at radius 2 is 1.92 bits per heavy atom. The van der Waals surface area contributed by atoms with Crippen LogP contribution >= 0.6 is 0 Å². The van der Waals surface area contributed by atoms with E-state index in [2.05, 4.69) is 9.97 Å². The van der Waals surface area contributed by atoms with E-state index in [0.717, 1.165) is 11.3 Å². The molecule has 1 aliphatic heterocycles. The van der Waals surface area contributed by atoms with E-state index in [1.807, 2.05) is 0 Å². The number of fused-ring (bicyclic) bond motifs is 1. The highest BCUT2D eigenvalue weighted by Gasteiger charge is 2.27. The number of amides is 1. The third-order valence-corrected chi connectivity index (χ3v) is 4.08. The summed E-state index contributed by atoms with van der Waals surface area (Å²) >= 11 is 0. The number of aromatic nitrogens is 2. The van der Waals surface area contributed by atoms with Crippen molar-refractivity contribution in [2.45, 2.75) is 13.0 Å². The Labute approximate surface area is 140 Å². The average Bonchev–Trinajstić information content (AvgIpc) is 2.65. The van der Waals surface area contributed by atoms with Gasteiger partial charge in [-0.05, 0) is 12.1 Å². The second-order valence-electron chi connectivity index (χ2n) is 5.35. The molecule has 0 aliphatic carbocycles. The topological polar surface area (TPSA) is 73.8 Å². The maximum Gasteiger partial charge on any atom is 0.258 e. The van der Waals surface area contributed by atoms with Gasteiger partial charge in [0.05, 0.1) is 32.6 Å². The lowest BCUT2D eigenvalue weighted by Gasteiger charge is -2.28. The SMILES string of the molecule is COc1ccc(C(=O)N2CCc3ncncc3C2)c(OC)c1OC. The highest BCUT2D eigenvalue weighted by atomic mass is 16.5. The molecule has 7 nitrogen and oxygen atoms in total. The van der Waals surface area contributed by atoms with Gasteiger partial charge in [-0.2, -0.15) is 0 Å². The minimum atomic E-state index is -0.123. The first kappa shape index (κ1) is 16.0. The summed E-state index contributed by atoms with van der Waals surface area (Å²) in [4.78, 5) is 23.0. The summed E-state index contributed by atoms with van der Waals surface area (Å²) in [6, 6.07) is 3.40. The molecule has 2 aromatic rings. The van der Waals surface area contributed by atoms with Crippen molar-refractivity contribution in [1.29, 1.82) is 0 Å². The van der Waals surface area contributed by atoms with Crippen LogP contribution in [-0.2, 0) is 13.0 Å². The van der Waals surface area contributed by atoms with Gasteiger partial charge >= 0.3 is 0 Å². The van der Waals surface area contributed by atoms with Gasteiger partial charge < -0.3 is 19.1 Å². The second-order valence-corrected chi connectivity index (χ2v) is 5.35. The number of nitrogens with zero attached hydrogens (tertiary/aromatic N) is 3. The van der Waals surface area contributed by atoms with Gasteiger partial charge in [0.25, 0.3) is 5.91 Å². The molecule has 0 N–H and O–H groups in total. The van der Waals surface area contributed by atoms with Crippen molar-refractivity contribution in [1.82, 2.24) is 14.9 Å². The Hall–Kier alpha value is -2.83. The van der Waals surface area contributed by atoms with Gasteiger partial charge in [-0.3, -0.25) is 4.79 Å². The summed E-state index contributed by atoms with van der Waals surface area (Å²) in [5.74, 6) is 1.18. The standard InChI is InChI=1S/C17H19N3O4/c1-22-14-5-4-12(15(23-2)16(14)24-3)17(21)20-7-6-13-11(9-20)8-18-10-19-13/h4-5,8,10H,6-7,9H2,1-3H3. The molecule has 0 saturated carbocycles. The molecular formula is C17H19N3O4. The Kier molecular flexibility index (Phi) is 4.50. The molecule has 0 fully saturated rings. The Bertz CT molecular complexity index is 763. The van der Waals surface area contributed by atoms with Crippen LogP contribution in [0.25, 0.3) is 0 Å². The van der Waals surface area contributed by atoms with Gasteiger partial charge in [0.15, 0.2) is 11.5 Å². The van der Waals surface area contributed by atoms with Gasteiger partial charge in [0.1, 0.15) is 6.33 Å². The van der Waals surface area contributed by atoms with Crippen LogP contribution in [0.1, 0.15) is 21.6 Å². The predicted molar refractivity (Wildman–Crippen MR) is 86.6 cm³/mol. The molecule has 1 aromatic carbocycles. The van der Waals surface area contributed by atoms with E-state index in [4.69, 9.17) is 14.2 Å². The van der Waals surface area contributed by atoms with E-state index >= 15 is 0 Å². The molecule has 0 spiro atoms. The van der Waals surface area contributed by atoms with Crippen molar-refractivity contribution in [3.63, 3.8) is 0 Å². The molecule has 24 heavy (non-hydrogen) atoms. The van der Waals surface area contributed by atoms with Crippen LogP contribution < -0.4 is 14.2 Å². The second kappa shape index (κ2) is 6.74. The quantitative estimate of drug-likeness (QED) is 0.850. The summed E-state index contributed by atoms with van der Waals surface area (Å²) in [5, 5.41) is 0. The number of hydrogen-bond donors (Lipinski definition) is 0. The van der Waals surface area contributed by atoms with E-state index < -0.39 is 0 Å². The zero-order chi connectivity index (χ0) is 17.1. The molecule has 126 valence electrons. The smallest absolute Gasteiger partial charge is 0.258 e. The molecule has 0 unspecified atom stereocenters. The van der Waals surface area contributed by atoms with Crippen molar-refractivity contribution in [3.05, 3.63) is 41.5 Å². The van der Waals surface area contributed by atoms with Gasteiger partial charge in [-0.15, -0.1) is 0 Å². The van der Waals surface area contributed by atoms with Gasteiger partial charge in [-0.1, -0.05) is 0 Å². The van der Waals surface area contributed by atoms with Gasteiger partial charge in [0, 0.05) is 31.3 Å². The molecule has 1 aliphatic rings. The lowest BCUT2D eigenvalue weighted by atomic mass is 10.1. The normalized spacial score (nSPS) is 13.2. The van der Waals surface area contributed by atoms with Crippen molar-refractivity contribution >= 4 is 5.91 Å². The fourth-order valence-electron chi connectivity index (χ4n) is 2.88.